The molecule has 1 amide bonds. The van der Waals surface area contributed by atoms with Gasteiger partial charge in [-0.2, -0.15) is 5.26 Å². The Morgan fingerprint density at radius 1 is 1.15 bits per heavy atom. The average Bonchev–Trinajstić information content (AvgIpc) is 2.78. The van der Waals surface area contributed by atoms with E-state index in [0.29, 0.717) is 22.3 Å². The number of nitriles is 1. The molecule has 0 atom stereocenters. The molecular weight excluding hydrogens is 716 g/mol. The predicted octanol–water partition coefficient (Wildman–Crippen LogP) is 6.69. The average molecular weight is 730 g/mol. The van der Waals surface area contributed by atoms with Crippen molar-refractivity contribution >= 4 is 84.5 Å². The lowest BCUT2D eigenvalue weighted by Gasteiger charge is -2.12. The van der Waals surface area contributed by atoms with Crippen molar-refractivity contribution in [2.24, 2.45) is 0 Å². The van der Waals surface area contributed by atoms with Crippen LogP contribution in [0.3, 0.4) is 0 Å². The molecule has 0 spiro atoms. The fraction of sp³-hybridized carbons (Fsp3) is 0.0435. The number of carbonyl (C=O) groups excluding carboxylic acids is 1. The molecule has 0 aliphatic heterocycles. The van der Waals surface area contributed by atoms with E-state index in [9.17, 15) is 20.2 Å². The molecule has 0 heterocycles. The minimum atomic E-state index is -0.624. The molecule has 0 aromatic heterocycles. The first-order chi connectivity index (χ1) is 15.8. The van der Waals surface area contributed by atoms with Crippen LogP contribution in [0.15, 0.2) is 70.7 Å². The normalized spacial score (nSPS) is 10.9. The fourth-order valence-corrected chi connectivity index (χ4v) is 5.35. The van der Waals surface area contributed by atoms with Crippen LogP contribution in [0, 0.1) is 28.6 Å². The molecule has 10 heteroatoms. The minimum Gasteiger partial charge on any atom is -0.487 e. The van der Waals surface area contributed by atoms with Gasteiger partial charge in [0.2, 0.25) is 0 Å². The van der Waals surface area contributed by atoms with E-state index in [4.69, 9.17) is 4.74 Å². The van der Waals surface area contributed by atoms with Crippen molar-refractivity contribution in [1.29, 1.82) is 5.26 Å². The maximum atomic E-state index is 12.6. The summed E-state index contributed by atoms with van der Waals surface area (Å²) in [5, 5.41) is 23.0. The molecule has 0 bridgehead atoms. The molecule has 0 fully saturated rings. The van der Waals surface area contributed by atoms with E-state index in [1.807, 2.05) is 48.5 Å². The van der Waals surface area contributed by atoms with Gasteiger partial charge >= 0.3 is 0 Å². The summed E-state index contributed by atoms with van der Waals surface area (Å²) in [6.45, 7) is 0.429. The number of carbonyl (C=O) groups is 1. The number of hydrogen-bond donors (Lipinski definition) is 1. The zero-order valence-corrected chi connectivity index (χ0v) is 22.6. The second-order valence-corrected chi connectivity index (χ2v) is 9.81. The Morgan fingerprint density at radius 2 is 1.82 bits per heavy atom. The van der Waals surface area contributed by atoms with Crippen molar-refractivity contribution in [3.63, 3.8) is 0 Å². The molecule has 0 aliphatic carbocycles. The van der Waals surface area contributed by atoms with Gasteiger partial charge in [0.05, 0.1) is 17.8 Å². The number of nitrogens with one attached hydrogen (secondary N) is 1. The van der Waals surface area contributed by atoms with E-state index < -0.39 is 10.8 Å². The maximum Gasteiger partial charge on any atom is 0.270 e. The van der Waals surface area contributed by atoms with Crippen molar-refractivity contribution in [3.8, 4) is 11.8 Å². The van der Waals surface area contributed by atoms with Crippen molar-refractivity contribution in [3.05, 3.63) is 99.1 Å². The summed E-state index contributed by atoms with van der Waals surface area (Å²) in [6, 6.07) is 19.3. The van der Waals surface area contributed by atoms with Gasteiger partial charge in [0.15, 0.2) is 0 Å². The van der Waals surface area contributed by atoms with E-state index in [2.05, 4.69) is 66.4 Å². The third kappa shape index (κ3) is 6.75. The molecule has 7 nitrogen and oxygen atoms in total. The Kier molecular flexibility index (Phi) is 8.81. The number of benzene rings is 3. The number of amides is 1. The van der Waals surface area contributed by atoms with Crippen LogP contribution in [0.2, 0.25) is 0 Å². The SMILES string of the molecule is N#CC(=Cc1cc(I)c(OCc2ccccc2)c(I)c1)C(=O)Nc1ccc([N+](=O)[O-])cc1Br. The number of anilines is 1. The number of nitro groups is 1. The standard InChI is InChI=1S/C23H14BrI2N3O4/c24-18-11-17(29(31)32)6-7-21(18)28-23(30)16(12-27)8-15-9-19(25)22(20(26)10-15)33-13-14-4-2-1-3-5-14/h1-11H,13H2,(H,28,30). The molecule has 0 unspecified atom stereocenters. The predicted molar refractivity (Wildman–Crippen MR) is 146 cm³/mol. The van der Waals surface area contributed by atoms with Crippen LogP contribution in [0.5, 0.6) is 5.75 Å². The Morgan fingerprint density at radius 3 is 2.39 bits per heavy atom. The van der Waals surface area contributed by atoms with E-state index in [-0.39, 0.29) is 11.3 Å². The van der Waals surface area contributed by atoms with Gasteiger partial charge in [0.1, 0.15) is 24.0 Å². The Hall–Kier alpha value is -2.50. The van der Waals surface area contributed by atoms with Crippen molar-refractivity contribution in [1.82, 2.24) is 0 Å². The number of rotatable bonds is 7. The van der Waals surface area contributed by atoms with Crippen LogP contribution in [0.4, 0.5) is 11.4 Å². The van der Waals surface area contributed by atoms with Crippen LogP contribution >= 0.6 is 61.1 Å². The third-order valence-electron chi connectivity index (χ3n) is 4.33. The zero-order chi connectivity index (χ0) is 24.0. The van der Waals surface area contributed by atoms with E-state index in [0.717, 1.165) is 18.5 Å². The van der Waals surface area contributed by atoms with E-state index in [1.165, 1.54) is 24.3 Å². The van der Waals surface area contributed by atoms with Crippen LogP contribution in [-0.4, -0.2) is 10.8 Å². The molecular formula is C23H14BrI2N3O4. The zero-order valence-electron chi connectivity index (χ0n) is 16.7. The van der Waals surface area contributed by atoms with Gasteiger partial charge in [-0.05, 0) is 96.5 Å². The largest absolute Gasteiger partial charge is 0.487 e. The third-order valence-corrected chi connectivity index (χ3v) is 6.59. The summed E-state index contributed by atoms with van der Waals surface area (Å²) in [7, 11) is 0. The molecule has 1 N–H and O–H groups in total. The number of halogens is 3. The number of non-ortho nitro benzene ring substituents is 1. The molecule has 3 rings (SSSR count). The number of hydrogen-bond acceptors (Lipinski definition) is 5. The van der Waals surface area contributed by atoms with Crippen LogP contribution in [0.1, 0.15) is 11.1 Å². The van der Waals surface area contributed by atoms with Gasteiger partial charge in [-0.1, -0.05) is 30.3 Å². The summed E-state index contributed by atoms with van der Waals surface area (Å²) in [6.07, 6.45) is 1.49. The van der Waals surface area contributed by atoms with Crippen LogP contribution < -0.4 is 10.1 Å². The highest BCUT2D eigenvalue weighted by atomic mass is 127. The lowest BCUT2D eigenvalue weighted by molar-refractivity contribution is -0.384. The van der Waals surface area contributed by atoms with Gasteiger partial charge in [0.25, 0.3) is 11.6 Å². The van der Waals surface area contributed by atoms with Crippen molar-refractivity contribution in [2.45, 2.75) is 6.61 Å². The van der Waals surface area contributed by atoms with Gasteiger partial charge < -0.3 is 10.1 Å². The molecule has 0 saturated carbocycles. The van der Waals surface area contributed by atoms with Gasteiger partial charge in [-0.25, -0.2) is 0 Å². The molecule has 166 valence electrons. The molecule has 0 radical (unpaired) electrons. The van der Waals surface area contributed by atoms with Crippen molar-refractivity contribution in [2.75, 3.05) is 5.32 Å². The van der Waals surface area contributed by atoms with Gasteiger partial charge in [-0.15, -0.1) is 0 Å². The summed E-state index contributed by atoms with van der Waals surface area (Å²) in [5.74, 6) is 0.108. The second kappa shape index (κ2) is 11.6. The summed E-state index contributed by atoms with van der Waals surface area (Å²) in [5.41, 5.74) is 1.82. The fourth-order valence-electron chi connectivity index (χ4n) is 2.75. The summed E-state index contributed by atoms with van der Waals surface area (Å²) < 4.78 is 8.00. The number of nitrogens with zero attached hydrogens (tertiary/aromatic N) is 2. The second-order valence-electron chi connectivity index (χ2n) is 6.63. The monoisotopic (exact) mass is 729 g/mol. The summed E-state index contributed by atoms with van der Waals surface area (Å²) in [4.78, 5) is 23.0. The first-order valence-electron chi connectivity index (χ1n) is 9.31. The highest BCUT2D eigenvalue weighted by Gasteiger charge is 2.15. The van der Waals surface area contributed by atoms with Crippen LogP contribution in [-0.2, 0) is 11.4 Å². The highest BCUT2D eigenvalue weighted by molar-refractivity contribution is 14.1. The van der Waals surface area contributed by atoms with Crippen LogP contribution in [0.25, 0.3) is 6.08 Å². The quantitative estimate of drug-likeness (QED) is 0.0960. The minimum absolute atomic E-state index is 0.107. The summed E-state index contributed by atoms with van der Waals surface area (Å²) >= 11 is 7.52. The van der Waals surface area contributed by atoms with E-state index >= 15 is 0 Å². The lowest BCUT2D eigenvalue weighted by atomic mass is 10.1. The molecule has 0 saturated heterocycles. The number of ether oxygens (including phenoxy) is 1. The molecule has 3 aromatic rings. The van der Waals surface area contributed by atoms with Crippen molar-refractivity contribution < 1.29 is 14.5 Å². The first kappa shape index (κ1) is 25.1. The molecule has 0 aliphatic rings. The topological polar surface area (TPSA) is 105 Å². The number of nitro benzene ring substituents is 1. The Balaban J connectivity index is 1.78. The van der Waals surface area contributed by atoms with E-state index in [1.54, 1.807) is 0 Å². The Bertz CT molecular complexity index is 1270. The molecule has 33 heavy (non-hydrogen) atoms. The maximum absolute atomic E-state index is 12.6. The smallest absolute Gasteiger partial charge is 0.270 e. The first-order valence-corrected chi connectivity index (χ1v) is 12.3. The highest BCUT2D eigenvalue weighted by Crippen LogP contribution is 2.31. The lowest BCUT2D eigenvalue weighted by Crippen LogP contribution is -2.14. The van der Waals surface area contributed by atoms with Gasteiger partial charge in [0, 0.05) is 16.6 Å². The molecule has 3 aromatic carbocycles. The Labute approximate surface area is 225 Å². The van der Waals surface area contributed by atoms with Gasteiger partial charge in [-0.3, -0.25) is 14.9 Å².